The van der Waals surface area contributed by atoms with Crippen LogP contribution < -0.4 is 16.2 Å². The summed E-state index contributed by atoms with van der Waals surface area (Å²) in [5.41, 5.74) is 10.8. The molecule has 2 aromatic rings. The summed E-state index contributed by atoms with van der Waals surface area (Å²) in [6.07, 6.45) is 4.78. The van der Waals surface area contributed by atoms with E-state index in [9.17, 15) is 9.18 Å². The minimum Gasteiger partial charge on any atom is -0.325 e. The van der Waals surface area contributed by atoms with Crippen LogP contribution in [-0.4, -0.2) is 38.9 Å². The summed E-state index contributed by atoms with van der Waals surface area (Å²) in [5, 5.41) is 10.3. The number of fused-ring (bicyclic) bond motifs is 3. The zero-order chi connectivity index (χ0) is 22.2. The second-order valence-corrected chi connectivity index (χ2v) is 9.27. The highest BCUT2D eigenvalue weighted by atomic mass is 32.2. The number of amidine groups is 1. The average molecular weight is 453 g/mol. The molecule has 0 bridgehead atoms. The lowest BCUT2D eigenvalue weighted by molar-refractivity contribution is -0.113. The van der Waals surface area contributed by atoms with E-state index in [0.717, 1.165) is 34.0 Å². The molecular formula is C23H25FN6OS. The summed E-state index contributed by atoms with van der Waals surface area (Å²) in [6, 6.07) is 12.9. The van der Waals surface area contributed by atoms with Gasteiger partial charge >= 0.3 is 0 Å². The Morgan fingerprint density at radius 2 is 1.94 bits per heavy atom. The summed E-state index contributed by atoms with van der Waals surface area (Å²) in [4.78, 5) is 14.5. The summed E-state index contributed by atoms with van der Waals surface area (Å²) in [6.45, 7) is 4.03. The van der Waals surface area contributed by atoms with Crippen LogP contribution in [0.3, 0.4) is 0 Å². The van der Waals surface area contributed by atoms with Gasteiger partial charge in [-0.25, -0.2) is 9.82 Å². The number of rotatable bonds is 4. The van der Waals surface area contributed by atoms with E-state index in [0.29, 0.717) is 0 Å². The van der Waals surface area contributed by atoms with Crippen LogP contribution in [0.15, 0.2) is 60.0 Å². The number of amides is 1. The van der Waals surface area contributed by atoms with E-state index < -0.39 is 0 Å². The smallest absolute Gasteiger partial charge is 0.234 e. The fraction of sp³-hybridized carbons (Fsp3) is 0.304. The third-order valence-corrected chi connectivity index (χ3v) is 6.78. The molecule has 32 heavy (non-hydrogen) atoms. The highest BCUT2D eigenvalue weighted by Gasteiger charge is 2.44. The lowest BCUT2D eigenvalue weighted by Crippen LogP contribution is -2.54. The Labute approximate surface area is 190 Å². The van der Waals surface area contributed by atoms with Gasteiger partial charge in [0.2, 0.25) is 5.91 Å². The quantitative estimate of drug-likeness (QED) is 0.660. The molecule has 1 amide bonds. The molecule has 0 aliphatic carbocycles. The third kappa shape index (κ3) is 4.18. The number of aryl methyl sites for hydroxylation is 2. The van der Waals surface area contributed by atoms with E-state index in [2.05, 4.69) is 37.2 Å². The van der Waals surface area contributed by atoms with Gasteiger partial charge in [0.25, 0.3) is 0 Å². The van der Waals surface area contributed by atoms with E-state index >= 15 is 0 Å². The number of halogens is 1. The molecule has 9 heteroatoms. The minimum absolute atomic E-state index is 0.0251. The number of hydrazine groups is 1. The molecule has 1 fully saturated rings. The van der Waals surface area contributed by atoms with Crippen LogP contribution >= 0.6 is 11.8 Å². The van der Waals surface area contributed by atoms with Gasteiger partial charge in [-0.15, -0.1) is 0 Å². The first-order chi connectivity index (χ1) is 15.5. The minimum atomic E-state index is -0.232. The van der Waals surface area contributed by atoms with E-state index in [-0.39, 0.29) is 35.7 Å². The maximum atomic E-state index is 13.3. The fourth-order valence-corrected chi connectivity index (χ4v) is 5.21. The zero-order valence-corrected chi connectivity index (χ0v) is 18.7. The highest BCUT2D eigenvalue weighted by Crippen LogP contribution is 2.35. The van der Waals surface area contributed by atoms with E-state index in [1.807, 2.05) is 50.5 Å². The van der Waals surface area contributed by atoms with E-state index in [1.54, 1.807) is 0 Å². The van der Waals surface area contributed by atoms with Gasteiger partial charge in [0.15, 0.2) is 5.17 Å². The Balaban J connectivity index is 1.18. The van der Waals surface area contributed by atoms with Crippen molar-refractivity contribution in [2.24, 2.45) is 5.10 Å². The SMILES string of the molecule is Cc1cc(C)cc(NC(=O)CSC2=NNC3C4CC(c5ccc(F)cc5)NN4C=CN23)c1. The number of hydrogen-bond acceptors (Lipinski definition) is 7. The van der Waals surface area contributed by atoms with Crippen LogP contribution in [0.4, 0.5) is 10.1 Å². The molecule has 3 aliphatic heterocycles. The standard InChI is InChI=1S/C23H25FN6OS/c1-14-9-15(2)11-18(10-14)25-21(31)13-32-23-27-26-22-20-12-19(16-3-5-17(24)6-4-16)28-30(20)8-7-29(22)23/h3-11,19-20,22,26,28H,12-13H2,1-2H3,(H,25,31). The Hall–Kier alpha value is -3.04. The molecule has 7 nitrogen and oxygen atoms in total. The van der Waals surface area contributed by atoms with Crippen LogP contribution in [0.5, 0.6) is 0 Å². The van der Waals surface area contributed by atoms with Crippen molar-refractivity contribution in [2.45, 2.75) is 38.5 Å². The van der Waals surface area contributed by atoms with Crippen molar-refractivity contribution in [1.29, 1.82) is 0 Å². The number of carbonyl (C=O) groups is 1. The molecule has 0 spiro atoms. The molecule has 3 N–H and O–H groups in total. The van der Waals surface area contributed by atoms with Crippen LogP contribution in [0.25, 0.3) is 0 Å². The molecule has 3 atom stereocenters. The normalized spacial score (nSPS) is 23.5. The molecule has 166 valence electrons. The van der Waals surface area contributed by atoms with Crippen LogP contribution in [-0.2, 0) is 4.79 Å². The van der Waals surface area contributed by atoms with E-state index in [4.69, 9.17) is 0 Å². The Morgan fingerprint density at radius 1 is 1.19 bits per heavy atom. The summed E-state index contributed by atoms with van der Waals surface area (Å²) < 4.78 is 13.3. The van der Waals surface area contributed by atoms with Crippen molar-refractivity contribution in [3.63, 3.8) is 0 Å². The first-order valence-corrected chi connectivity index (χ1v) is 11.6. The Kier molecular flexibility index (Phi) is 5.52. The van der Waals surface area contributed by atoms with Crippen molar-refractivity contribution in [3.05, 3.63) is 77.4 Å². The largest absolute Gasteiger partial charge is 0.325 e. The third-order valence-electron chi connectivity index (χ3n) is 5.81. The second kappa shape index (κ2) is 8.48. The fourth-order valence-electron chi connectivity index (χ4n) is 4.44. The summed E-state index contributed by atoms with van der Waals surface area (Å²) in [7, 11) is 0. The molecule has 3 heterocycles. The predicted molar refractivity (Wildman–Crippen MR) is 125 cm³/mol. The van der Waals surface area contributed by atoms with Gasteiger partial charge in [-0.05, 0) is 61.2 Å². The Bertz CT molecular complexity index is 1070. The van der Waals surface area contributed by atoms with Gasteiger partial charge < -0.3 is 15.2 Å². The predicted octanol–water partition coefficient (Wildman–Crippen LogP) is 3.42. The molecule has 3 aliphatic rings. The van der Waals surface area contributed by atoms with Crippen molar-refractivity contribution in [3.8, 4) is 0 Å². The molecule has 1 saturated heterocycles. The number of hydrazone groups is 1. The molecule has 2 aromatic carbocycles. The monoisotopic (exact) mass is 452 g/mol. The highest BCUT2D eigenvalue weighted by molar-refractivity contribution is 8.14. The van der Waals surface area contributed by atoms with Gasteiger partial charge in [-0.2, -0.15) is 5.10 Å². The zero-order valence-electron chi connectivity index (χ0n) is 17.9. The van der Waals surface area contributed by atoms with Crippen LogP contribution in [0.1, 0.15) is 29.2 Å². The molecule has 0 aromatic heterocycles. The molecule has 3 unspecified atom stereocenters. The second-order valence-electron chi connectivity index (χ2n) is 8.33. The maximum absolute atomic E-state index is 13.3. The molecule has 5 rings (SSSR count). The van der Waals surface area contributed by atoms with Gasteiger partial charge in [-0.3, -0.25) is 10.2 Å². The molecule has 0 saturated carbocycles. The first kappa shape index (κ1) is 20.8. The lowest BCUT2D eigenvalue weighted by Gasteiger charge is -2.36. The van der Waals surface area contributed by atoms with Crippen molar-refractivity contribution < 1.29 is 9.18 Å². The first-order valence-electron chi connectivity index (χ1n) is 10.6. The number of benzene rings is 2. The number of hydrogen-bond donors (Lipinski definition) is 3. The maximum Gasteiger partial charge on any atom is 0.234 e. The van der Waals surface area contributed by atoms with Gasteiger partial charge in [-0.1, -0.05) is 30.0 Å². The number of thioether (sulfide) groups is 1. The van der Waals surface area contributed by atoms with Crippen molar-refractivity contribution >= 4 is 28.5 Å². The van der Waals surface area contributed by atoms with E-state index in [1.165, 1.54) is 23.9 Å². The van der Waals surface area contributed by atoms with Gasteiger partial charge in [0.1, 0.15) is 12.0 Å². The molecular weight excluding hydrogens is 427 g/mol. The number of nitrogens with one attached hydrogen (secondary N) is 3. The summed E-state index contributed by atoms with van der Waals surface area (Å²) >= 11 is 1.41. The lowest BCUT2D eigenvalue weighted by atomic mass is 10.00. The van der Waals surface area contributed by atoms with Crippen molar-refractivity contribution in [2.75, 3.05) is 11.1 Å². The average Bonchev–Trinajstić information content (AvgIpc) is 3.36. The topological polar surface area (TPSA) is 72.0 Å². The molecule has 0 radical (unpaired) electrons. The number of anilines is 1. The Morgan fingerprint density at radius 3 is 2.69 bits per heavy atom. The number of nitrogens with zero attached hydrogens (tertiary/aromatic N) is 3. The van der Waals surface area contributed by atoms with Gasteiger partial charge in [0, 0.05) is 18.1 Å². The summed E-state index contributed by atoms with van der Waals surface area (Å²) in [5.74, 6) is -0.0209. The number of carbonyl (C=O) groups excluding carboxylic acids is 1. The van der Waals surface area contributed by atoms with Crippen LogP contribution in [0, 0.1) is 19.7 Å². The van der Waals surface area contributed by atoms with Crippen LogP contribution in [0.2, 0.25) is 0 Å². The van der Waals surface area contributed by atoms with Gasteiger partial charge in [0.05, 0.1) is 17.8 Å². The van der Waals surface area contributed by atoms with Crippen molar-refractivity contribution in [1.82, 2.24) is 20.8 Å².